The van der Waals surface area contributed by atoms with Gasteiger partial charge in [-0.05, 0) is 19.3 Å². The van der Waals surface area contributed by atoms with Gasteiger partial charge in [-0.1, -0.05) is 27.2 Å². The molecular formula is C12H21N3O. The molecule has 0 aliphatic rings. The molecule has 4 heteroatoms. The van der Waals surface area contributed by atoms with Gasteiger partial charge < -0.3 is 10.7 Å². The van der Waals surface area contributed by atoms with Crippen LogP contribution in [0.2, 0.25) is 0 Å². The molecule has 1 aromatic rings. The topological polar surface area (TPSA) is 71.8 Å². The summed E-state index contributed by atoms with van der Waals surface area (Å²) in [6.07, 6.45) is 1.82. The maximum Gasteiger partial charge on any atom is 0.254 e. The summed E-state index contributed by atoms with van der Waals surface area (Å²) in [5.74, 6) is 0.793. The Hall–Kier alpha value is -1.16. The number of hydrogen-bond acceptors (Lipinski definition) is 3. The van der Waals surface area contributed by atoms with Crippen LogP contribution in [0, 0.1) is 6.92 Å². The zero-order valence-corrected chi connectivity index (χ0v) is 10.5. The van der Waals surface area contributed by atoms with E-state index in [2.05, 4.69) is 16.9 Å². The van der Waals surface area contributed by atoms with Crippen LogP contribution in [0.25, 0.3) is 0 Å². The van der Waals surface area contributed by atoms with Gasteiger partial charge in [0, 0.05) is 11.3 Å². The van der Waals surface area contributed by atoms with Crippen LogP contribution >= 0.6 is 0 Å². The van der Waals surface area contributed by atoms with Crippen molar-refractivity contribution in [1.82, 2.24) is 9.97 Å². The maximum atomic E-state index is 11.9. The van der Waals surface area contributed by atoms with Gasteiger partial charge >= 0.3 is 0 Å². The van der Waals surface area contributed by atoms with Crippen molar-refractivity contribution >= 4 is 0 Å². The molecule has 0 spiro atoms. The lowest BCUT2D eigenvalue weighted by atomic mass is 10.0. The molecule has 0 aliphatic heterocycles. The molecule has 0 amide bonds. The molecule has 16 heavy (non-hydrogen) atoms. The molecule has 0 aliphatic carbocycles. The van der Waals surface area contributed by atoms with E-state index in [4.69, 9.17) is 5.73 Å². The van der Waals surface area contributed by atoms with Gasteiger partial charge in [0.25, 0.3) is 5.56 Å². The Morgan fingerprint density at radius 3 is 2.50 bits per heavy atom. The Morgan fingerprint density at radius 2 is 2.06 bits per heavy atom. The van der Waals surface area contributed by atoms with Crippen molar-refractivity contribution in [2.75, 3.05) is 0 Å². The van der Waals surface area contributed by atoms with Crippen LogP contribution in [0.4, 0.5) is 0 Å². The highest BCUT2D eigenvalue weighted by molar-refractivity contribution is 5.20. The summed E-state index contributed by atoms with van der Waals surface area (Å²) in [6, 6.07) is -0.169. The average Bonchev–Trinajstić information content (AvgIpc) is 2.16. The first-order valence-corrected chi connectivity index (χ1v) is 5.83. The second-order valence-electron chi connectivity index (χ2n) is 4.50. The van der Waals surface area contributed by atoms with Gasteiger partial charge in [-0.15, -0.1) is 0 Å². The molecule has 0 aromatic carbocycles. The number of aromatic amines is 1. The number of H-pyrrole nitrogens is 1. The molecule has 0 fully saturated rings. The normalized spacial score (nSPS) is 13.1. The highest BCUT2D eigenvalue weighted by Gasteiger charge is 2.14. The Labute approximate surface area is 96.3 Å². The SMILES string of the molecule is CCCC(N)c1nc(C)c(C(C)C)c(=O)[nH]1. The maximum absolute atomic E-state index is 11.9. The van der Waals surface area contributed by atoms with Crippen molar-refractivity contribution in [3.63, 3.8) is 0 Å². The molecule has 0 saturated heterocycles. The fourth-order valence-corrected chi connectivity index (χ4v) is 1.92. The average molecular weight is 223 g/mol. The smallest absolute Gasteiger partial charge is 0.254 e. The Kier molecular flexibility index (Phi) is 4.24. The van der Waals surface area contributed by atoms with Crippen molar-refractivity contribution in [3.05, 3.63) is 27.4 Å². The minimum absolute atomic E-state index is 0.0518. The summed E-state index contributed by atoms with van der Waals surface area (Å²) in [7, 11) is 0. The molecule has 90 valence electrons. The first kappa shape index (κ1) is 12.9. The fraction of sp³-hybridized carbons (Fsp3) is 0.667. The largest absolute Gasteiger partial charge is 0.321 e. The summed E-state index contributed by atoms with van der Waals surface area (Å²) >= 11 is 0. The third-order valence-corrected chi connectivity index (χ3v) is 2.69. The zero-order valence-electron chi connectivity index (χ0n) is 10.5. The molecular weight excluding hydrogens is 202 g/mol. The Balaban J connectivity index is 3.15. The number of aryl methyl sites for hydroxylation is 1. The van der Waals surface area contributed by atoms with Crippen LogP contribution in [-0.4, -0.2) is 9.97 Å². The predicted octanol–water partition coefficient (Wildman–Crippen LogP) is 2.00. The minimum Gasteiger partial charge on any atom is -0.321 e. The molecule has 1 unspecified atom stereocenters. The van der Waals surface area contributed by atoms with Crippen LogP contribution in [-0.2, 0) is 0 Å². The molecule has 1 aromatic heterocycles. The van der Waals surface area contributed by atoms with E-state index in [0.717, 1.165) is 24.1 Å². The number of rotatable bonds is 4. The molecule has 0 radical (unpaired) electrons. The Bertz CT molecular complexity index is 409. The van der Waals surface area contributed by atoms with Crippen molar-refractivity contribution in [2.24, 2.45) is 5.73 Å². The second kappa shape index (κ2) is 5.25. The molecule has 0 saturated carbocycles. The van der Waals surface area contributed by atoms with Crippen LogP contribution in [0.15, 0.2) is 4.79 Å². The lowest BCUT2D eigenvalue weighted by molar-refractivity contribution is 0.593. The zero-order chi connectivity index (χ0) is 12.3. The minimum atomic E-state index is -0.169. The first-order valence-electron chi connectivity index (χ1n) is 5.83. The van der Waals surface area contributed by atoms with Crippen molar-refractivity contribution in [1.29, 1.82) is 0 Å². The third-order valence-electron chi connectivity index (χ3n) is 2.69. The van der Waals surface area contributed by atoms with Crippen molar-refractivity contribution < 1.29 is 0 Å². The monoisotopic (exact) mass is 223 g/mol. The van der Waals surface area contributed by atoms with E-state index < -0.39 is 0 Å². The van der Waals surface area contributed by atoms with Gasteiger partial charge in [0.05, 0.1) is 6.04 Å². The summed E-state index contributed by atoms with van der Waals surface area (Å²) < 4.78 is 0. The van der Waals surface area contributed by atoms with E-state index in [1.54, 1.807) is 0 Å². The van der Waals surface area contributed by atoms with Crippen molar-refractivity contribution in [2.45, 2.75) is 52.5 Å². The fourth-order valence-electron chi connectivity index (χ4n) is 1.92. The summed E-state index contributed by atoms with van der Waals surface area (Å²) in [6.45, 7) is 7.91. The highest BCUT2D eigenvalue weighted by Crippen LogP contribution is 2.15. The summed E-state index contributed by atoms with van der Waals surface area (Å²) in [5, 5.41) is 0. The van der Waals surface area contributed by atoms with E-state index in [1.165, 1.54) is 0 Å². The molecule has 1 rings (SSSR count). The molecule has 0 bridgehead atoms. The van der Waals surface area contributed by atoms with E-state index >= 15 is 0 Å². The van der Waals surface area contributed by atoms with Gasteiger partial charge in [0.1, 0.15) is 5.82 Å². The van der Waals surface area contributed by atoms with Gasteiger partial charge in [0.15, 0.2) is 0 Å². The number of nitrogens with one attached hydrogen (secondary N) is 1. The predicted molar refractivity (Wildman–Crippen MR) is 65.5 cm³/mol. The van der Waals surface area contributed by atoms with Gasteiger partial charge in [-0.25, -0.2) is 4.98 Å². The molecule has 3 N–H and O–H groups in total. The van der Waals surface area contributed by atoms with Crippen LogP contribution in [0.1, 0.15) is 62.7 Å². The second-order valence-corrected chi connectivity index (χ2v) is 4.50. The van der Waals surface area contributed by atoms with E-state index in [1.807, 2.05) is 20.8 Å². The number of hydrogen-bond donors (Lipinski definition) is 2. The van der Waals surface area contributed by atoms with E-state index in [9.17, 15) is 4.79 Å². The third kappa shape index (κ3) is 2.70. The first-order chi connectivity index (χ1) is 7.47. The van der Waals surface area contributed by atoms with Crippen LogP contribution in [0.3, 0.4) is 0 Å². The van der Waals surface area contributed by atoms with E-state index in [0.29, 0.717) is 5.82 Å². The lowest BCUT2D eigenvalue weighted by Gasteiger charge is -2.13. The van der Waals surface area contributed by atoms with Crippen LogP contribution < -0.4 is 11.3 Å². The van der Waals surface area contributed by atoms with E-state index in [-0.39, 0.29) is 17.5 Å². The molecule has 1 heterocycles. The standard InChI is InChI=1S/C12H21N3O/c1-5-6-9(13)11-14-8(4)10(7(2)3)12(16)15-11/h7,9H,5-6,13H2,1-4H3,(H,14,15,16). The number of aromatic nitrogens is 2. The lowest BCUT2D eigenvalue weighted by Crippen LogP contribution is -2.24. The summed E-state index contributed by atoms with van der Waals surface area (Å²) in [4.78, 5) is 19.0. The van der Waals surface area contributed by atoms with Gasteiger partial charge in [-0.2, -0.15) is 0 Å². The Morgan fingerprint density at radius 1 is 1.44 bits per heavy atom. The van der Waals surface area contributed by atoms with Gasteiger partial charge in [-0.3, -0.25) is 4.79 Å². The summed E-state index contributed by atoms with van der Waals surface area (Å²) in [5.41, 5.74) is 7.43. The van der Waals surface area contributed by atoms with Gasteiger partial charge in [0.2, 0.25) is 0 Å². The van der Waals surface area contributed by atoms with Crippen LogP contribution in [0.5, 0.6) is 0 Å². The number of nitrogens with zero attached hydrogens (tertiary/aromatic N) is 1. The molecule has 1 atom stereocenters. The number of nitrogens with two attached hydrogens (primary N) is 1. The van der Waals surface area contributed by atoms with Crippen molar-refractivity contribution in [3.8, 4) is 0 Å². The molecule has 4 nitrogen and oxygen atoms in total. The highest BCUT2D eigenvalue weighted by atomic mass is 16.1. The quantitative estimate of drug-likeness (QED) is 0.820.